The van der Waals surface area contributed by atoms with Crippen molar-refractivity contribution in [2.75, 3.05) is 27.2 Å². The van der Waals surface area contributed by atoms with Gasteiger partial charge in [-0.3, -0.25) is 9.59 Å². The summed E-state index contributed by atoms with van der Waals surface area (Å²) in [7, 11) is 3.73. The Balaban J connectivity index is 3.62. The van der Waals surface area contributed by atoms with Gasteiger partial charge in [-0.25, -0.2) is 0 Å². The summed E-state index contributed by atoms with van der Waals surface area (Å²) >= 11 is 0. The number of hydrogen-bond acceptors (Lipinski definition) is 3. The molecule has 0 aliphatic rings. The quantitative estimate of drug-likeness (QED) is 0.280. The van der Waals surface area contributed by atoms with E-state index in [1.807, 2.05) is 14.1 Å². The summed E-state index contributed by atoms with van der Waals surface area (Å²) in [5, 5.41) is 18.4. The molecule has 0 saturated heterocycles. The van der Waals surface area contributed by atoms with Crippen LogP contribution in [0.2, 0.25) is 0 Å². The molecule has 5 heteroatoms. The number of ketones is 1. The largest absolute Gasteiger partial charge is 0.481 e. The molecule has 0 amide bonds. The van der Waals surface area contributed by atoms with Gasteiger partial charge in [-0.2, -0.15) is 0 Å². The molecule has 5 nitrogen and oxygen atoms in total. The first-order valence-corrected chi connectivity index (χ1v) is 10.5. The monoisotopic (exact) mass is 372 g/mol. The molecular weight excluding hydrogens is 330 g/mol. The fourth-order valence-corrected chi connectivity index (χ4v) is 3.44. The van der Waals surface area contributed by atoms with Gasteiger partial charge in [0.05, 0.1) is 20.5 Å². The van der Waals surface area contributed by atoms with Crippen molar-refractivity contribution < 1.29 is 24.3 Å². The summed E-state index contributed by atoms with van der Waals surface area (Å²) in [5.41, 5.74) is 0. The van der Waals surface area contributed by atoms with Crippen LogP contribution in [0.15, 0.2) is 0 Å². The summed E-state index contributed by atoms with van der Waals surface area (Å²) in [6.45, 7) is 2.89. The highest BCUT2D eigenvalue weighted by Gasteiger charge is 2.24. The van der Waals surface area contributed by atoms with Crippen LogP contribution in [0.3, 0.4) is 0 Å². The Hall–Kier alpha value is -0.940. The predicted molar refractivity (Wildman–Crippen MR) is 106 cm³/mol. The number of quaternary nitrogens is 1. The second-order valence-electron chi connectivity index (χ2n) is 8.35. The molecule has 0 aliphatic heterocycles. The van der Waals surface area contributed by atoms with Crippen molar-refractivity contribution in [2.24, 2.45) is 0 Å². The van der Waals surface area contributed by atoms with E-state index in [1.54, 1.807) is 0 Å². The number of carbonyl (C=O) groups is 2. The molecule has 0 aliphatic carbocycles. The number of nitrogens with zero attached hydrogens (tertiary/aromatic N) is 1. The zero-order chi connectivity index (χ0) is 19.8. The first kappa shape index (κ1) is 25.1. The molecule has 0 saturated carbocycles. The van der Waals surface area contributed by atoms with E-state index in [0.29, 0.717) is 17.4 Å². The third-order valence-corrected chi connectivity index (χ3v) is 4.78. The molecule has 2 N–H and O–H groups in total. The Bertz CT molecular complexity index is 382. The van der Waals surface area contributed by atoms with Crippen molar-refractivity contribution in [1.82, 2.24) is 0 Å². The van der Waals surface area contributed by atoms with Crippen molar-refractivity contribution >= 4 is 11.8 Å². The lowest BCUT2D eigenvalue weighted by molar-refractivity contribution is -0.885. The van der Waals surface area contributed by atoms with Gasteiger partial charge < -0.3 is 14.7 Å². The molecular formula is C21H42NO4+. The number of aliphatic carboxylic acids is 1. The standard InChI is InChI=1S/C21H41NO4/c1-4-5-6-7-8-9-10-11-12-13-14-15-19(23)17-22(2,3)18-20(24)16-21(25)26/h20,24H,4-18H2,1-3H3/p+1. The van der Waals surface area contributed by atoms with Crippen LogP contribution in [0.5, 0.6) is 0 Å². The lowest BCUT2D eigenvalue weighted by Crippen LogP contribution is -2.48. The molecule has 0 spiro atoms. The van der Waals surface area contributed by atoms with Crippen LogP contribution >= 0.6 is 0 Å². The summed E-state index contributed by atoms with van der Waals surface area (Å²) in [5.74, 6) is -0.807. The number of carboxylic acids is 1. The topological polar surface area (TPSA) is 74.6 Å². The molecule has 26 heavy (non-hydrogen) atoms. The SMILES string of the molecule is CCCCCCCCCCCCCC(=O)C[N+](C)(C)CC(O)CC(=O)O. The van der Waals surface area contributed by atoms with Gasteiger partial charge in [0, 0.05) is 6.42 Å². The molecule has 0 aromatic carbocycles. The second kappa shape index (κ2) is 15.2. The summed E-state index contributed by atoms with van der Waals surface area (Å²) in [4.78, 5) is 22.7. The maximum Gasteiger partial charge on any atom is 0.306 e. The average molecular weight is 373 g/mol. The Morgan fingerprint density at radius 2 is 1.31 bits per heavy atom. The summed E-state index contributed by atoms with van der Waals surface area (Å²) in [6.07, 6.45) is 13.4. The smallest absolute Gasteiger partial charge is 0.306 e. The fourth-order valence-electron chi connectivity index (χ4n) is 3.44. The van der Waals surface area contributed by atoms with E-state index in [1.165, 1.54) is 57.8 Å². The van der Waals surface area contributed by atoms with Crippen LogP contribution in [0.25, 0.3) is 0 Å². The molecule has 0 fully saturated rings. The number of rotatable bonds is 18. The molecule has 0 radical (unpaired) electrons. The number of carbonyl (C=O) groups excluding carboxylic acids is 1. The molecule has 0 bridgehead atoms. The summed E-state index contributed by atoms with van der Waals surface area (Å²) in [6, 6.07) is 0. The Morgan fingerprint density at radius 1 is 0.846 bits per heavy atom. The number of aliphatic hydroxyl groups excluding tert-OH is 1. The van der Waals surface area contributed by atoms with Gasteiger partial charge in [0.25, 0.3) is 0 Å². The minimum absolute atomic E-state index is 0.202. The van der Waals surface area contributed by atoms with E-state index in [9.17, 15) is 14.7 Å². The van der Waals surface area contributed by atoms with E-state index in [2.05, 4.69) is 6.92 Å². The van der Waals surface area contributed by atoms with Gasteiger partial charge >= 0.3 is 5.97 Å². The minimum atomic E-state index is -1.01. The van der Waals surface area contributed by atoms with E-state index in [0.717, 1.165) is 12.8 Å². The Morgan fingerprint density at radius 3 is 1.77 bits per heavy atom. The number of hydrogen-bond donors (Lipinski definition) is 2. The van der Waals surface area contributed by atoms with Crippen molar-refractivity contribution in [1.29, 1.82) is 0 Å². The lowest BCUT2D eigenvalue weighted by atomic mass is 10.0. The lowest BCUT2D eigenvalue weighted by Gasteiger charge is -2.30. The van der Waals surface area contributed by atoms with Crippen molar-refractivity contribution in [3.05, 3.63) is 0 Å². The van der Waals surface area contributed by atoms with Gasteiger partial charge in [-0.1, -0.05) is 71.1 Å². The maximum absolute atomic E-state index is 12.1. The first-order chi connectivity index (χ1) is 12.3. The zero-order valence-corrected chi connectivity index (χ0v) is 17.3. The highest BCUT2D eigenvalue weighted by atomic mass is 16.4. The van der Waals surface area contributed by atoms with E-state index >= 15 is 0 Å². The molecule has 154 valence electrons. The first-order valence-electron chi connectivity index (χ1n) is 10.5. The maximum atomic E-state index is 12.1. The average Bonchev–Trinajstić information content (AvgIpc) is 2.50. The molecule has 1 unspecified atom stereocenters. The Kier molecular flexibility index (Phi) is 14.6. The zero-order valence-electron chi connectivity index (χ0n) is 17.3. The van der Waals surface area contributed by atoms with E-state index < -0.39 is 12.1 Å². The van der Waals surface area contributed by atoms with Crippen molar-refractivity contribution in [3.8, 4) is 0 Å². The van der Waals surface area contributed by atoms with Crippen LogP contribution < -0.4 is 0 Å². The van der Waals surface area contributed by atoms with Crippen LogP contribution in [0.4, 0.5) is 0 Å². The number of Topliss-reactive ketones (excluding diaryl/α,β-unsaturated/α-hetero) is 1. The van der Waals surface area contributed by atoms with Gasteiger partial charge in [-0.15, -0.1) is 0 Å². The van der Waals surface area contributed by atoms with Gasteiger partial charge in [0.15, 0.2) is 5.78 Å². The molecule has 0 heterocycles. The Labute approximate surface area is 160 Å². The number of unbranched alkanes of at least 4 members (excludes halogenated alkanes) is 10. The minimum Gasteiger partial charge on any atom is -0.481 e. The molecule has 0 aromatic rings. The number of carboxylic acid groups (broad SMARTS) is 1. The van der Waals surface area contributed by atoms with Crippen molar-refractivity contribution in [2.45, 2.75) is 96.5 Å². The third-order valence-electron chi connectivity index (χ3n) is 4.78. The summed E-state index contributed by atoms with van der Waals surface area (Å²) < 4.78 is 0.339. The molecule has 0 aromatic heterocycles. The van der Waals surface area contributed by atoms with Crippen LogP contribution in [0, 0.1) is 0 Å². The van der Waals surface area contributed by atoms with Crippen LogP contribution in [-0.4, -0.2) is 59.7 Å². The molecule has 0 rings (SSSR count). The second-order valence-corrected chi connectivity index (χ2v) is 8.35. The fraction of sp³-hybridized carbons (Fsp3) is 0.905. The van der Waals surface area contributed by atoms with Gasteiger partial charge in [0.1, 0.15) is 19.2 Å². The van der Waals surface area contributed by atoms with Crippen molar-refractivity contribution in [3.63, 3.8) is 0 Å². The highest BCUT2D eigenvalue weighted by Crippen LogP contribution is 2.12. The predicted octanol–water partition coefficient (Wildman–Crippen LogP) is 4.17. The normalized spacial score (nSPS) is 12.9. The van der Waals surface area contributed by atoms with Crippen LogP contribution in [0.1, 0.15) is 90.4 Å². The van der Waals surface area contributed by atoms with Crippen LogP contribution in [-0.2, 0) is 9.59 Å². The van der Waals surface area contributed by atoms with E-state index in [-0.39, 0.29) is 18.7 Å². The number of aliphatic hydroxyl groups is 1. The third kappa shape index (κ3) is 16.5. The highest BCUT2D eigenvalue weighted by molar-refractivity contribution is 5.79. The molecule has 1 atom stereocenters. The number of likely N-dealkylation sites (N-methyl/N-ethyl adjacent to an activating group) is 1. The van der Waals surface area contributed by atoms with E-state index in [4.69, 9.17) is 5.11 Å². The van der Waals surface area contributed by atoms with Gasteiger partial charge in [-0.05, 0) is 6.42 Å². The van der Waals surface area contributed by atoms with Gasteiger partial charge in [0.2, 0.25) is 0 Å².